The first-order chi connectivity index (χ1) is 13.8. The number of hydrogen-bond donors (Lipinski definition) is 2. The van der Waals surface area contributed by atoms with Crippen molar-refractivity contribution < 1.29 is 9.18 Å². The lowest BCUT2D eigenvalue weighted by atomic mass is 9.95. The summed E-state index contributed by atoms with van der Waals surface area (Å²) in [5.74, 6) is -1.36. The van der Waals surface area contributed by atoms with Gasteiger partial charge in [-0.25, -0.2) is 9.37 Å². The van der Waals surface area contributed by atoms with Crippen LogP contribution in [-0.4, -0.2) is 15.9 Å². The number of benzene rings is 2. The lowest BCUT2D eigenvalue weighted by molar-refractivity contribution is 0.0908. The van der Waals surface area contributed by atoms with Crippen LogP contribution in [0.25, 0.3) is 21.8 Å². The molecule has 5 nitrogen and oxygen atoms in total. The van der Waals surface area contributed by atoms with Gasteiger partial charge in [0.15, 0.2) is 5.43 Å². The van der Waals surface area contributed by atoms with Crippen molar-refractivity contribution in [2.24, 2.45) is 0 Å². The number of fused-ring (bicyclic) bond motifs is 2. The van der Waals surface area contributed by atoms with E-state index in [0.717, 1.165) is 11.6 Å². The third-order valence-electron chi connectivity index (χ3n) is 4.91. The SMILES string of the molecule is CC(C)(NC(=O)c1cc2[nH]c3ccccc3c(=O)c2cc1F)c1ccc(Cl)nc1. The van der Waals surface area contributed by atoms with E-state index in [4.69, 9.17) is 11.6 Å². The highest BCUT2D eigenvalue weighted by Crippen LogP contribution is 2.23. The molecule has 4 rings (SSSR count). The largest absolute Gasteiger partial charge is 0.354 e. The average Bonchev–Trinajstić information content (AvgIpc) is 2.68. The Morgan fingerprint density at radius 2 is 1.86 bits per heavy atom. The Morgan fingerprint density at radius 1 is 1.10 bits per heavy atom. The van der Waals surface area contributed by atoms with Gasteiger partial charge in [-0.3, -0.25) is 9.59 Å². The number of halogens is 2. The van der Waals surface area contributed by atoms with Crippen LogP contribution in [0.15, 0.2) is 59.5 Å². The van der Waals surface area contributed by atoms with Gasteiger partial charge in [0.2, 0.25) is 0 Å². The predicted octanol–water partition coefficient (Wildman–Crippen LogP) is 4.53. The van der Waals surface area contributed by atoms with Crippen LogP contribution in [0.1, 0.15) is 29.8 Å². The number of aromatic amines is 1. The van der Waals surface area contributed by atoms with Crippen molar-refractivity contribution in [3.05, 3.63) is 87.0 Å². The van der Waals surface area contributed by atoms with Gasteiger partial charge in [-0.15, -0.1) is 0 Å². The van der Waals surface area contributed by atoms with Gasteiger partial charge in [0, 0.05) is 22.5 Å². The summed E-state index contributed by atoms with van der Waals surface area (Å²) in [6.45, 7) is 3.56. The number of pyridine rings is 2. The van der Waals surface area contributed by atoms with E-state index in [1.54, 1.807) is 56.4 Å². The third kappa shape index (κ3) is 3.47. The molecule has 0 saturated heterocycles. The van der Waals surface area contributed by atoms with E-state index in [0.29, 0.717) is 21.6 Å². The van der Waals surface area contributed by atoms with Gasteiger partial charge in [-0.05, 0) is 49.7 Å². The lowest BCUT2D eigenvalue weighted by Gasteiger charge is -2.26. The summed E-state index contributed by atoms with van der Waals surface area (Å²) < 4.78 is 14.7. The van der Waals surface area contributed by atoms with Crippen molar-refractivity contribution >= 4 is 39.3 Å². The second kappa shape index (κ2) is 6.97. The van der Waals surface area contributed by atoms with Crippen LogP contribution in [0.5, 0.6) is 0 Å². The summed E-state index contributed by atoms with van der Waals surface area (Å²) >= 11 is 5.82. The quantitative estimate of drug-likeness (QED) is 0.385. The number of nitrogens with zero attached hydrogens (tertiary/aromatic N) is 1. The van der Waals surface area contributed by atoms with E-state index in [1.165, 1.54) is 6.07 Å². The van der Waals surface area contributed by atoms with Gasteiger partial charge in [-0.1, -0.05) is 29.8 Å². The van der Waals surface area contributed by atoms with Crippen molar-refractivity contribution in [3.63, 3.8) is 0 Å². The van der Waals surface area contributed by atoms with Gasteiger partial charge >= 0.3 is 0 Å². The molecule has 0 radical (unpaired) electrons. The molecule has 29 heavy (non-hydrogen) atoms. The minimum absolute atomic E-state index is 0.154. The van der Waals surface area contributed by atoms with E-state index in [1.807, 2.05) is 0 Å². The second-order valence-corrected chi connectivity index (χ2v) is 7.71. The molecule has 2 heterocycles. The van der Waals surface area contributed by atoms with Crippen LogP contribution in [0, 0.1) is 5.82 Å². The number of para-hydroxylation sites is 1. The fraction of sp³-hybridized carbons (Fsp3) is 0.136. The zero-order valence-electron chi connectivity index (χ0n) is 15.7. The van der Waals surface area contributed by atoms with Crippen LogP contribution in [0.3, 0.4) is 0 Å². The molecule has 4 aromatic rings. The van der Waals surface area contributed by atoms with Crippen molar-refractivity contribution in [1.29, 1.82) is 0 Å². The zero-order chi connectivity index (χ0) is 20.8. The first-order valence-electron chi connectivity index (χ1n) is 8.95. The molecule has 7 heteroatoms. The molecule has 0 aliphatic heterocycles. The van der Waals surface area contributed by atoms with Crippen molar-refractivity contribution in [3.8, 4) is 0 Å². The molecule has 0 fully saturated rings. The summed E-state index contributed by atoms with van der Waals surface area (Å²) in [5.41, 5.74) is 0.483. The highest BCUT2D eigenvalue weighted by molar-refractivity contribution is 6.29. The summed E-state index contributed by atoms with van der Waals surface area (Å²) in [6, 6.07) is 12.8. The number of H-pyrrole nitrogens is 1. The number of carbonyl (C=O) groups is 1. The normalized spacial score (nSPS) is 11.7. The Hall–Kier alpha value is -3.25. The molecule has 0 bridgehead atoms. The Bertz CT molecular complexity index is 1310. The smallest absolute Gasteiger partial charge is 0.255 e. The summed E-state index contributed by atoms with van der Waals surface area (Å²) in [7, 11) is 0. The van der Waals surface area contributed by atoms with E-state index in [2.05, 4.69) is 15.3 Å². The molecule has 1 amide bonds. The van der Waals surface area contributed by atoms with Crippen LogP contribution in [0.4, 0.5) is 4.39 Å². The average molecular weight is 410 g/mol. The van der Waals surface area contributed by atoms with E-state index >= 15 is 0 Å². The van der Waals surface area contributed by atoms with Crippen LogP contribution < -0.4 is 10.7 Å². The Kier molecular flexibility index (Phi) is 4.59. The Balaban J connectivity index is 1.76. The molecule has 0 aliphatic carbocycles. The zero-order valence-corrected chi connectivity index (χ0v) is 16.5. The maximum Gasteiger partial charge on any atom is 0.255 e. The Morgan fingerprint density at radius 3 is 2.59 bits per heavy atom. The molecule has 0 unspecified atom stereocenters. The van der Waals surface area contributed by atoms with Crippen LogP contribution in [-0.2, 0) is 5.54 Å². The van der Waals surface area contributed by atoms with Gasteiger partial charge < -0.3 is 10.3 Å². The summed E-state index contributed by atoms with van der Waals surface area (Å²) in [4.78, 5) is 32.6. The fourth-order valence-corrected chi connectivity index (χ4v) is 3.40. The van der Waals surface area contributed by atoms with Crippen LogP contribution in [0.2, 0.25) is 5.15 Å². The minimum atomic E-state index is -0.813. The molecule has 0 atom stereocenters. The monoisotopic (exact) mass is 409 g/mol. The fourth-order valence-electron chi connectivity index (χ4n) is 3.29. The van der Waals surface area contributed by atoms with Crippen LogP contribution >= 0.6 is 11.6 Å². The van der Waals surface area contributed by atoms with E-state index in [9.17, 15) is 14.0 Å². The number of amides is 1. The highest BCUT2D eigenvalue weighted by Gasteiger charge is 2.26. The molecule has 0 saturated carbocycles. The van der Waals surface area contributed by atoms with Crippen molar-refractivity contribution in [2.45, 2.75) is 19.4 Å². The van der Waals surface area contributed by atoms with Gasteiger partial charge in [0.25, 0.3) is 5.91 Å². The maximum absolute atomic E-state index is 14.7. The topological polar surface area (TPSA) is 74.8 Å². The van der Waals surface area contributed by atoms with Crippen molar-refractivity contribution in [1.82, 2.24) is 15.3 Å². The molecule has 146 valence electrons. The number of rotatable bonds is 3. The van der Waals surface area contributed by atoms with Gasteiger partial charge in [0.05, 0.1) is 16.6 Å². The molecule has 2 N–H and O–H groups in total. The first kappa shape index (κ1) is 19.1. The summed E-state index contributed by atoms with van der Waals surface area (Å²) in [5, 5.41) is 3.81. The number of hydrogen-bond acceptors (Lipinski definition) is 3. The summed E-state index contributed by atoms with van der Waals surface area (Å²) in [6.07, 6.45) is 1.56. The van der Waals surface area contributed by atoms with Gasteiger partial charge in [-0.2, -0.15) is 0 Å². The number of carbonyl (C=O) groups excluding carboxylic acids is 1. The van der Waals surface area contributed by atoms with E-state index < -0.39 is 17.3 Å². The molecular formula is C22H17ClFN3O2. The minimum Gasteiger partial charge on any atom is -0.354 e. The number of aromatic nitrogens is 2. The lowest BCUT2D eigenvalue weighted by Crippen LogP contribution is -2.41. The molecule has 0 spiro atoms. The predicted molar refractivity (Wildman–Crippen MR) is 112 cm³/mol. The van der Waals surface area contributed by atoms with Gasteiger partial charge in [0.1, 0.15) is 11.0 Å². The van der Waals surface area contributed by atoms with Crippen molar-refractivity contribution in [2.75, 3.05) is 0 Å². The maximum atomic E-state index is 14.7. The second-order valence-electron chi connectivity index (χ2n) is 7.33. The molecule has 2 aromatic carbocycles. The third-order valence-corrected chi connectivity index (χ3v) is 5.14. The number of nitrogens with one attached hydrogen (secondary N) is 2. The standard InChI is InChI=1S/C22H17ClFN3O2/c1-22(2,12-7-8-19(23)25-11-12)27-21(29)14-10-18-15(9-16(14)24)20(28)13-5-3-4-6-17(13)26-18/h3-11H,1-2H3,(H,26,28)(H,27,29). The highest BCUT2D eigenvalue weighted by atomic mass is 35.5. The Labute approximate surface area is 170 Å². The van der Waals surface area contributed by atoms with E-state index in [-0.39, 0.29) is 16.4 Å². The molecule has 2 aromatic heterocycles. The molecule has 0 aliphatic rings. The molecular weight excluding hydrogens is 393 g/mol. The first-order valence-corrected chi connectivity index (χ1v) is 9.33.